The summed E-state index contributed by atoms with van der Waals surface area (Å²) in [6, 6.07) is 1.14. The van der Waals surface area contributed by atoms with Gasteiger partial charge < -0.3 is 15.5 Å². The molecule has 1 fully saturated rings. The van der Waals surface area contributed by atoms with Crippen LogP contribution in [-0.2, 0) is 4.79 Å². The normalized spacial score (nSPS) is 23.1. The van der Waals surface area contributed by atoms with Crippen molar-refractivity contribution in [3.05, 3.63) is 0 Å². The van der Waals surface area contributed by atoms with Crippen LogP contribution in [0.25, 0.3) is 0 Å². The second kappa shape index (κ2) is 6.86. The van der Waals surface area contributed by atoms with Gasteiger partial charge in [-0.3, -0.25) is 4.79 Å². The van der Waals surface area contributed by atoms with E-state index in [1.54, 1.807) is 7.05 Å². The fourth-order valence-corrected chi connectivity index (χ4v) is 2.16. The summed E-state index contributed by atoms with van der Waals surface area (Å²) in [6.07, 6.45) is 3.55. The molecule has 94 valence electrons. The van der Waals surface area contributed by atoms with Crippen LogP contribution in [0.3, 0.4) is 0 Å². The summed E-state index contributed by atoms with van der Waals surface area (Å²) in [6.45, 7) is 7.28. The fraction of sp³-hybridized carbons (Fsp3) is 0.917. The molecular formula is C12H25N3O. The molecule has 0 spiro atoms. The summed E-state index contributed by atoms with van der Waals surface area (Å²) < 4.78 is 0. The molecule has 0 saturated carbocycles. The van der Waals surface area contributed by atoms with E-state index in [-0.39, 0.29) is 5.91 Å². The molecule has 1 saturated heterocycles. The molecule has 0 bridgehead atoms. The number of carbonyl (C=O) groups is 1. The molecule has 0 aromatic heterocycles. The molecule has 1 atom stereocenters. The Kier molecular flexibility index (Phi) is 5.77. The zero-order valence-corrected chi connectivity index (χ0v) is 10.8. The lowest BCUT2D eigenvalue weighted by Crippen LogP contribution is -2.39. The van der Waals surface area contributed by atoms with Crippen molar-refractivity contribution in [1.82, 2.24) is 15.5 Å². The van der Waals surface area contributed by atoms with Gasteiger partial charge in [0.15, 0.2) is 0 Å². The topological polar surface area (TPSA) is 44.4 Å². The van der Waals surface area contributed by atoms with Crippen LogP contribution < -0.4 is 10.6 Å². The van der Waals surface area contributed by atoms with Gasteiger partial charge in [-0.15, -0.1) is 0 Å². The third kappa shape index (κ3) is 4.49. The van der Waals surface area contributed by atoms with Gasteiger partial charge in [0, 0.05) is 19.1 Å². The van der Waals surface area contributed by atoms with Crippen LogP contribution in [-0.4, -0.2) is 49.6 Å². The number of hydrogen-bond donors (Lipinski definition) is 2. The van der Waals surface area contributed by atoms with E-state index in [0.717, 1.165) is 13.0 Å². The van der Waals surface area contributed by atoms with E-state index in [1.165, 1.54) is 19.4 Å². The Morgan fingerprint density at radius 2 is 2.12 bits per heavy atom. The van der Waals surface area contributed by atoms with Gasteiger partial charge in [-0.2, -0.15) is 0 Å². The molecule has 1 aliphatic heterocycles. The van der Waals surface area contributed by atoms with Crippen molar-refractivity contribution in [2.45, 2.75) is 45.2 Å². The minimum absolute atomic E-state index is 0.0740. The first kappa shape index (κ1) is 13.5. The van der Waals surface area contributed by atoms with E-state index in [1.807, 2.05) is 0 Å². The Labute approximate surface area is 98.8 Å². The van der Waals surface area contributed by atoms with Gasteiger partial charge in [-0.1, -0.05) is 0 Å². The summed E-state index contributed by atoms with van der Waals surface area (Å²) in [5.74, 6) is 0.0740. The zero-order valence-electron chi connectivity index (χ0n) is 10.8. The van der Waals surface area contributed by atoms with Crippen molar-refractivity contribution in [3.63, 3.8) is 0 Å². The maximum atomic E-state index is 11.1. The number of nitrogens with zero attached hydrogens (tertiary/aromatic N) is 1. The van der Waals surface area contributed by atoms with Crippen LogP contribution in [0.15, 0.2) is 0 Å². The number of hydrogen-bond acceptors (Lipinski definition) is 3. The van der Waals surface area contributed by atoms with Crippen molar-refractivity contribution < 1.29 is 4.79 Å². The van der Waals surface area contributed by atoms with Crippen LogP contribution in [0.1, 0.15) is 33.1 Å². The van der Waals surface area contributed by atoms with Crippen LogP contribution in [0, 0.1) is 0 Å². The Morgan fingerprint density at radius 1 is 1.38 bits per heavy atom. The Morgan fingerprint density at radius 3 is 2.75 bits per heavy atom. The third-order valence-corrected chi connectivity index (χ3v) is 3.32. The summed E-state index contributed by atoms with van der Waals surface area (Å²) in [5, 5.41) is 5.97. The van der Waals surface area contributed by atoms with Crippen molar-refractivity contribution in [3.8, 4) is 0 Å². The van der Waals surface area contributed by atoms with E-state index in [9.17, 15) is 4.79 Å². The SMILES string of the molecule is CNC(=O)CNC1CCCN(C(C)C)CC1. The Balaban J connectivity index is 2.27. The quantitative estimate of drug-likeness (QED) is 0.738. The van der Waals surface area contributed by atoms with Gasteiger partial charge in [0.2, 0.25) is 5.91 Å². The predicted molar refractivity (Wildman–Crippen MR) is 66.4 cm³/mol. The van der Waals surface area contributed by atoms with Crippen molar-refractivity contribution >= 4 is 5.91 Å². The number of amides is 1. The van der Waals surface area contributed by atoms with E-state index in [2.05, 4.69) is 29.4 Å². The van der Waals surface area contributed by atoms with Gasteiger partial charge in [0.05, 0.1) is 6.54 Å². The van der Waals surface area contributed by atoms with Crippen LogP contribution >= 0.6 is 0 Å². The Hall–Kier alpha value is -0.610. The molecule has 0 radical (unpaired) electrons. The van der Waals surface area contributed by atoms with Gasteiger partial charge in [-0.25, -0.2) is 0 Å². The predicted octanol–water partition coefficient (Wildman–Crippen LogP) is 0.585. The molecule has 4 heteroatoms. The van der Waals surface area contributed by atoms with E-state index < -0.39 is 0 Å². The molecule has 1 amide bonds. The van der Waals surface area contributed by atoms with Crippen LogP contribution in [0.4, 0.5) is 0 Å². The molecule has 0 aromatic carbocycles. The maximum Gasteiger partial charge on any atom is 0.233 e. The second-order valence-electron chi connectivity index (χ2n) is 4.81. The highest BCUT2D eigenvalue weighted by atomic mass is 16.1. The summed E-state index contributed by atoms with van der Waals surface area (Å²) in [5.41, 5.74) is 0. The second-order valence-corrected chi connectivity index (χ2v) is 4.81. The average molecular weight is 227 g/mol. The maximum absolute atomic E-state index is 11.1. The lowest BCUT2D eigenvalue weighted by atomic mass is 10.1. The smallest absolute Gasteiger partial charge is 0.233 e. The number of rotatable bonds is 4. The summed E-state index contributed by atoms with van der Waals surface area (Å²) in [7, 11) is 1.68. The van der Waals surface area contributed by atoms with Crippen molar-refractivity contribution in [1.29, 1.82) is 0 Å². The van der Waals surface area contributed by atoms with E-state index in [4.69, 9.17) is 0 Å². The van der Waals surface area contributed by atoms with Crippen LogP contribution in [0.5, 0.6) is 0 Å². The summed E-state index contributed by atoms with van der Waals surface area (Å²) in [4.78, 5) is 13.6. The largest absolute Gasteiger partial charge is 0.358 e. The molecule has 1 heterocycles. The van der Waals surface area contributed by atoms with Gasteiger partial charge >= 0.3 is 0 Å². The van der Waals surface area contributed by atoms with Crippen molar-refractivity contribution in [2.75, 3.05) is 26.7 Å². The highest BCUT2D eigenvalue weighted by molar-refractivity contribution is 5.77. The van der Waals surface area contributed by atoms with E-state index in [0.29, 0.717) is 18.6 Å². The molecule has 4 nitrogen and oxygen atoms in total. The van der Waals surface area contributed by atoms with Gasteiger partial charge in [0.25, 0.3) is 0 Å². The first-order valence-corrected chi connectivity index (χ1v) is 6.31. The van der Waals surface area contributed by atoms with Gasteiger partial charge in [0.1, 0.15) is 0 Å². The molecule has 0 aliphatic carbocycles. The van der Waals surface area contributed by atoms with Crippen molar-refractivity contribution in [2.24, 2.45) is 0 Å². The number of nitrogens with one attached hydrogen (secondary N) is 2. The average Bonchev–Trinajstić information content (AvgIpc) is 2.51. The highest BCUT2D eigenvalue weighted by Gasteiger charge is 2.18. The molecule has 1 aliphatic rings. The Bertz CT molecular complexity index is 218. The summed E-state index contributed by atoms with van der Waals surface area (Å²) >= 11 is 0. The molecule has 0 aromatic rings. The lowest BCUT2D eigenvalue weighted by molar-refractivity contribution is -0.119. The molecular weight excluding hydrogens is 202 g/mol. The highest BCUT2D eigenvalue weighted by Crippen LogP contribution is 2.12. The number of likely N-dealkylation sites (N-methyl/N-ethyl adjacent to an activating group) is 1. The van der Waals surface area contributed by atoms with E-state index >= 15 is 0 Å². The molecule has 2 N–H and O–H groups in total. The third-order valence-electron chi connectivity index (χ3n) is 3.32. The van der Waals surface area contributed by atoms with Gasteiger partial charge in [-0.05, 0) is 46.2 Å². The molecule has 1 unspecified atom stereocenters. The minimum Gasteiger partial charge on any atom is -0.358 e. The standard InChI is InChI=1S/C12H25N3O/c1-10(2)15-7-4-5-11(6-8-15)14-9-12(16)13-3/h10-11,14H,4-9H2,1-3H3,(H,13,16). The molecule has 16 heavy (non-hydrogen) atoms. The number of carbonyl (C=O) groups excluding carboxylic acids is 1. The van der Waals surface area contributed by atoms with Crippen LogP contribution in [0.2, 0.25) is 0 Å². The number of likely N-dealkylation sites (tertiary alicyclic amines) is 1. The molecule has 1 rings (SSSR count). The first-order chi connectivity index (χ1) is 7.63. The fourth-order valence-electron chi connectivity index (χ4n) is 2.16. The lowest BCUT2D eigenvalue weighted by Gasteiger charge is -2.24. The zero-order chi connectivity index (χ0) is 12.0. The monoisotopic (exact) mass is 227 g/mol. The minimum atomic E-state index is 0.0740. The first-order valence-electron chi connectivity index (χ1n) is 6.31.